The lowest BCUT2D eigenvalue weighted by molar-refractivity contribution is 0.624. The molecule has 0 radical (unpaired) electrons. The number of alkyl halides is 1. The molecule has 20 heavy (non-hydrogen) atoms. The van der Waals surface area contributed by atoms with Crippen LogP contribution in [-0.2, 0) is 6.42 Å². The van der Waals surface area contributed by atoms with Gasteiger partial charge < -0.3 is 0 Å². The number of halogens is 2. The molecule has 0 heterocycles. The molecule has 0 aliphatic heterocycles. The molecule has 0 fully saturated rings. The second-order valence-corrected chi connectivity index (χ2v) is 6.65. The summed E-state index contributed by atoms with van der Waals surface area (Å²) in [4.78, 5) is 0.213. The van der Waals surface area contributed by atoms with Crippen molar-refractivity contribution < 1.29 is 4.39 Å². The summed E-state index contributed by atoms with van der Waals surface area (Å²) in [5.74, 6) is -0.158. The molecule has 0 N–H and O–H groups in total. The largest absolute Gasteiger partial charge is 0.207 e. The Labute approximate surface area is 129 Å². The molecule has 106 valence electrons. The van der Waals surface area contributed by atoms with Crippen LogP contribution < -0.4 is 0 Å². The first-order valence-electron chi connectivity index (χ1n) is 6.85. The van der Waals surface area contributed by atoms with Gasteiger partial charge in [0.25, 0.3) is 0 Å². The molecular formula is C18H20BrF. The number of rotatable bonds is 3. The van der Waals surface area contributed by atoms with Crippen LogP contribution in [0.2, 0.25) is 0 Å². The molecule has 2 rings (SSSR count). The molecule has 0 bridgehead atoms. The van der Waals surface area contributed by atoms with Gasteiger partial charge in [-0.2, -0.15) is 0 Å². The summed E-state index contributed by atoms with van der Waals surface area (Å²) in [6.07, 6.45) is 0.911. The van der Waals surface area contributed by atoms with Crippen LogP contribution >= 0.6 is 15.9 Å². The molecule has 2 aromatic rings. The fourth-order valence-corrected chi connectivity index (χ4v) is 3.75. The van der Waals surface area contributed by atoms with Crippen molar-refractivity contribution in [1.29, 1.82) is 0 Å². The third kappa shape index (κ3) is 3.29. The molecule has 0 aromatic heterocycles. The van der Waals surface area contributed by atoms with Crippen LogP contribution in [-0.4, -0.2) is 0 Å². The third-order valence-electron chi connectivity index (χ3n) is 3.86. The highest BCUT2D eigenvalue weighted by atomic mass is 79.9. The fraction of sp³-hybridized carbons (Fsp3) is 0.333. The highest BCUT2D eigenvalue weighted by Gasteiger charge is 2.15. The van der Waals surface area contributed by atoms with Crippen LogP contribution in [0.1, 0.15) is 38.2 Å². The van der Waals surface area contributed by atoms with E-state index < -0.39 is 0 Å². The van der Waals surface area contributed by atoms with E-state index in [1.54, 1.807) is 12.1 Å². The summed E-state index contributed by atoms with van der Waals surface area (Å²) in [5.41, 5.74) is 7.15. The van der Waals surface area contributed by atoms with E-state index in [0.29, 0.717) is 0 Å². The maximum atomic E-state index is 13.4. The molecule has 0 nitrogen and oxygen atoms in total. The second-order valence-electron chi connectivity index (χ2n) is 5.54. The Morgan fingerprint density at radius 3 is 2.05 bits per heavy atom. The molecule has 0 aliphatic carbocycles. The summed E-state index contributed by atoms with van der Waals surface area (Å²) in [6, 6.07) is 9.78. The third-order valence-corrected chi connectivity index (χ3v) is 4.64. The van der Waals surface area contributed by atoms with Gasteiger partial charge in [-0.05, 0) is 79.6 Å². The van der Waals surface area contributed by atoms with E-state index >= 15 is 0 Å². The Morgan fingerprint density at radius 1 is 0.900 bits per heavy atom. The predicted molar refractivity (Wildman–Crippen MR) is 87.2 cm³/mol. The lowest BCUT2D eigenvalue weighted by atomic mass is 9.95. The summed E-state index contributed by atoms with van der Waals surface area (Å²) in [6.45, 7) is 8.20. The Kier molecular flexibility index (Phi) is 4.64. The van der Waals surface area contributed by atoms with Crippen molar-refractivity contribution >= 4 is 15.9 Å². The minimum absolute atomic E-state index is 0.158. The van der Waals surface area contributed by atoms with Crippen LogP contribution in [0.25, 0.3) is 0 Å². The normalized spacial score (nSPS) is 12.5. The van der Waals surface area contributed by atoms with Crippen molar-refractivity contribution in [3.05, 3.63) is 69.5 Å². The highest BCUT2D eigenvalue weighted by molar-refractivity contribution is 9.09. The molecule has 0 amide bonds. The van der Waals surface area contributed by atoms with Crippen LogP contribution in [0.15, 0.2) is 30.3 Å². The van der Waals surface area contributed by atoms with E-state index in [1.807, 2.05) is 13.8 Å². The monoisotopic (exact) mass is 334 g/mol. The van der Waals surface area contributed by atoms with Gasteiger partial charge in [0.1, 0.15) is 5.82 Å². The SMILES string of the molecule is Cc1ccc(CC(Br)c2c(C)cc(F)cc2C)cc1C. The van der Waals surface area contributed by atoms with Crippen LogP contribution in [0.5, 0.6) is 0 Å². The maximum Gasteiger partial charge on any atom is 0.123 e. The van der Waals surface area contributed by atoms with Crippen LogP contribution in [0.3, 0.4) is 0 Å². The van der Waals surface area contributed by atoms with Gasteiger partial charge >= 0.3 is 0 Å². The Balaban J connectivity index is 2.28. The Bertz CT molecular complexity index is 608. The zero-order valence-corrected chi connectivity index (χ0v) is 14.0. The van der Waals surface area contributed by atoms with Gasteiger partial charge in [-0.3, -0.25) is 0 Å². The smallest absolute Gasteiger partial charge is 0.123 e. The summed E-state index contributed by atoms with van der Waals surface area (Å²) in [5, 5.41) is 0. The van der Waals surface area contributed by atoms with Gasteiger partial charge in [-0.15, -0.1) is 0 Å². The average molecular weight is 335 g/mol. The topological polar surface area (TPSA) is 0 Å². The Hall–Kier alpha value is -1.15. The van der Waals surface area contributed by atoms with Crippen molar-refractivity contribution in [1.82, 2.24) is 0 Å². The van der Waals surface area contributed by atoms with Crippen molar-refractivity contribution in [3.8, 4) is 0 Å². The molecule has 0 saturated heterocycles. The van der Waals surface area contributed by atoms with Crippen LogP contribution in [0, 0.1) is 33.5 Å². The molecular weight excluding hydrogens is 315 g/mol. The van der Waals surface area contributed by atoms with E-state index in [2.05, 4.69) is 48.0 Å². The van der Waals surface area contributed by atoms with Gasteiger partial charge in [-0.1, -0.05) is 34.1 Å². The van der Waals surface area contributed by atoms with Crippen molar-refractivity contribution in [2.75, 3.05) is 0 Å². The zero-order valence-electron chi connectivity index (χ0n) is 12.4. The van der Waals surface area contributed by atoms with Crippen molar-refractivity contribution in [2.45, 2.75) is 38.9 Å². The van der Waals surface area contributed by atoms with Gasteiger partial charge in [0.2, 0.25) is 0 Å². The van der Waals surface area contributed by atoms with Crippen LogP contribution in [0.4, 0.5) is 4.39 Å². The minimum Gasteiger partial charge on any atom is -0.207 e. The molecule has 0 saturated carbocycles. The molecule has 0 spiro atoms. The lowest BCUT2D eigenvalue weighted by Crippen LogP contribution is -2.02. The fourth-order valence-electron chi connectivity index (χ4n) is 2.66. The number of hydrogen-bond donors (Lipinski definition) is 0. The van der Waals surface area contributed by atoms with Crippen molar-refractivity contribution in [3.63, 3.8) is 0 Å². The van der Waals surface area contributed by atoms with E-state index in [-0.39, 0.29) is 10.6 Å². The minimum atomic E-state index is -0.158. The maximum absolute atomic E-state index is 13.4. The number of benzene rings is 2. The molecule has 2 aromatic carbocycles. The summed E-state index contributed by atoms with van der Waals surface area (Å²) >= 11 is 3.77. The standard InChI is InChI=1S/C18H20BrF/c1-11-5-6-15(7-12(11)2)10-17(19)18-13(3)8-16(20)9-14(18)4/h5-9,17H,10H2,1-4H3. The predicted octanol–water partition coefficient (Wildman–Crippen LogP) is 5.74. The van der Waals surface area contributed by atoms with E-state index in [4.69, 9.17) is 0 Å². The van der Waals surface area contributed by atoms with E-state index in [0.717, 1.165) is 17.5 Å². The van der Waals surface area contributed by atoms with Gasteiger partial charge in [0, 0.05) is 4.83 Å². The first-order valence-corrected chi connectivity index (χ1v) is 7.77. The summed E-state index contributed by atoms with van der Waals surface area (Å²) in [7, 11) is 0. The molecule has 0 aliphatic rings. The molecule has 1 unspecified atom stereocenters. The van der Waals surface area contributed by atoms with E-state index in [9.17, 15) is 4.39 Å². The first kappa shape index (κ1) is 15.2. The summed E-state index contributed by atoms with van der Waals surface area (Å²) < 4.78 is 13.4. The first-order chi connectivity index (χ1) is 9.38. The quantitative estimate of drug-likeness (QED) is 0.628. The van der Waals surface area contributed by atoms with Crippen molar-refractivity contribution in [2.24, 2.45) is 0 Å². The zero-order chi connectivity index (χ0) is 14.9. The van der Waals surface area contributed by atoms with Gasteiger partial charge in [0.05, 0.1) is 0 Å². The van der Waals surface area contributed by atoms with Gasteiger partial charge in [-0.25, -0.2) is 4.39 Å². The number of hydrogen-bond acceptors (Lipinski definition) is 0. The lowest BCUT2D eigenvalue weighted by Gasteiger charge is -2.17. The van der Waals surface area contributed by atoms with E-state index in [1.165, 1.54) is 22.3 Å². The number of aryl methyl sites for hydroxylation is 4. The average Bonchev–Trinajstić information content (AvgIpc) is 2.32. The molecule has 2 heteroatoms. The Morgan fingerprint density at radius 2 is 1.50 bits per heavy atom. The van der Waals surface area contributed by atoms with Gasteiger partial charge in [0.15, 0.2) is 0 Å². The molecule has 1 atom stereocenters. The highest BCUT2D eigenvalue weighted by Crippen LogP contribution is 2.32. The second kappa shape index (κ2) is 6.09.